The van der Waals surface area contributed by atoms with Crippen molar-refractivity contribution >= 4 is 5.91 Å². The predicted octanol–water partition coefficient (Wildman–Crippen LogP) is 5.28. The molecule has 0 N–H and O–H groups in total. The minimum Gasteiger partial charge on any atom is -0.497 e. The zero-order valence-corrected chi connectivity index (χ0v) is 18.6. The number of methoxy groups -OCH3 is 1. The molecular weight excluding hydrogens is 382 g/mol. The Morgan fingerprint density at radius 1 is 0.935 bits per heavy atom. The van der Waals surface area contributed by atoms with Gasteiger partial charge in [-0.15, -0.1) is 0 Å². The highest BCUT2D eigenvalue weighted by Gasteiger charge is 2.68. The Labute approximate surface area is 185 Å². The molecule has 1 heterocycles. The van der Waals surface area contributed by atoms with E-state index in [1.165, 1.54) is 5.56 Å². The van der Waals surface area contributed by atoms with Gasteiger partial charge in [0.25, 0.3) is 0 Å². The quantitative estimate of drug-likeness (QED) is 0.667. The Morgan fingerprint density at radius 2 is 1.68 bits per heavy atom. The van der Waals surface area contributed by atoms with E-state index in [4.69, 9.17) is 4.74 Å². The Morgan fingerprint density at radius 3 is 2.39 bits per heavy atom. The number of hydrogen-bond donors (Lipinski definition) is 0. The van der Waals surface area contributed by atoms with Gasteiger partial charge in [0.05, 0.1) is 12.5 Å². The number of ether oxygens (including phenoxy) is 1. The summed E-state index contributed by atoms with van der Waals surface area (Å²) >= 11 is 0. The number of nitrogens with zero attached hydrogens (tertiary/aromatic N) is 1. The normalized spacial score (nSPS) is 33.5. The zero-order chi connectivity index (χ0) is 21.6. The maximum absolute atomic E-state index is 14.2. The average molecular weight is 414 g/mol. The summed E-state index contributed by atoms with van der Waals surface area (Å²) in [6, 6.07) is 19.0. The number of rotatable bonds is 5. The molecule has 1 saturated heterocycles. The fourth-order valence-corrected chi connectivity index (χ4v) is 6.53. The van der Waals surface area contributed by atoms with Crippen LogP contribution in [0, 0.1) is 29.1 Å². The van der Waals surface area contributed by atoms with Crippen LogP contribution >= 0.6 is 0 Å². The van der Waals surface area contributed by atoms with E-state index in [1.54, 1.807) is 7.11 Å². The molecule has 2 aromatic rings. The van der Waals surface area contributed by atoms with Gasteiger partial charge in [0.1, 0.15) is 5.75 Å². The fraction of sp³-hybridized carbons (Fsp3) is 0.393. The molecule has 6 atom stereocenters. The molecule has 2 aromatic carbocycles. The third kappa shape index (κ3) is 3.05. The summed E-state index contributed by atoms with van der Waals surface area (Å²) in [5, 5.41) is 0. The molecule has 1 aliphatic heterocycles. The molecule has 2 fully saturated rings. The lowest BCUT2D eigenvalue weighted by atomic mass is 9.68. The molecule has 0 aromatic heterocycles. The lowest BCUT2D eigenvalue weighted by molar-refractivity contribution is -0.137. The second-order valence-corrected chi connectivity index (χ2v) is 9.49. The fourth-order valence-electron chi connectivity index (χ4n) is 6.53. The molecule has 2 aliphatic carbocycles. The van der Waals surface area contributed by atoms with Crippen molar-refractivity contribution in [2.24, 2.45) is 29.1 Å². The van der Waals surface area contributed by atoms with Crippen LogP contribution in [0.4, 0.5) is 0 Å². The highest BCUT2D eigenvalue weighted by molar-refractivity contribution is 5.90. The molecule has 5 rings (SSSR count). The van der Waals surface area contributed by atoms with E-state index >= 15 is 0 Å². The molecule has 1 amide bonds. The standard InChI is InChI=1S/C28H31NO2/c1-19-20(2)26-25(17-21-9-5-4-6-10-21)29(18-22-12-14-23(31-3)15-13-22)27(30)28(26)16-8-7-11-24(19)28/h4-16,19-20,24-26H,17-18H2,1-3H3/t19-,20-,24-,25+,26+,28+/m1/s1. The number of carbonyl (C=O) groups excluding carboxylic acids is 1. The highest BCUT2D eigenvalue weighted by atomic mass is 16.5. The first-order valence-electron chi connectivity index (χ1n) is 11.4. The van der Waals surface area contributed by atoms with Gasteiger partial charge in [-0.05, 0) is 47.4 Å². The number of likely N-dealkylation sites (tertiary alicyclic amines) is 1. The van der Waals surface area contributed by atoms with Crippen LogP contribution < -0.4 is 4.74 Å². The van der Waals surface area contributed by atoms with Crippen molar-refractivity contribution in [2.45, 2.75) is 32.9 Å². The molecule has 0 bridgehead atoms. The number of allylic oxidation sites excluding steroid dienone is 3. The number of hydrogen-bond acceptors (Lipinski definition) is 2. The average Bonchev–Trinajstić information content (AvgIpc) is 3.16. The van der Waals surface area contributed by atoms with Crippen molar-refractivity contribution in [1.29, 1.82) is 0 Å². The van der Waals surface area contributed by atoms with E-state index in [0.717, 1.165) is 17.7 Å². The van der Waals surface area contributed by atoms with E-state index in [2.05, 4.69) is 85.5 Å². The van der Waals surface area contributed by atoms with Gasteiger partial charge in [-0.2, -0.15) is 0 Å². The van der Waals surface area contributed by atoms with Gasteiger partial charge in [0.15, 0.2) is 0 Å². The lowest BCUT2D eigenvalue weighted by Gasteiger charge is -2.32. The van der Waals surface area contributed by atoms with Crippen LogP contribution in [-0.4, -0.2) is 24.0 Å². The second-order valence-electron chi connectivity index (χ2n) is 9.49. The maximum Gasteiger partial charge on any atom is 0.234 e. The highest BCUT2D eigenvalue weighted by Crippen LogP contribution is 2.63. The third-order valence-corrected chi connectivity index (χ3v) is 8.11. The van der Waals surface area contributed by atoms with Crippen molar-refractivity contribution in [3.8, 4) is 5.75 Å². The van der Waals surface area contributed by atoms with E-state index < -0.39 is 5.41 Å². The largest absolute Gasteiger partial charge is 0.497 e. The molecule has 160 valence electrons. The molecule has 31 heavy (non-hydrogen) atoms. The first-order chi connectivity index (χ1) is 15.1. The molecule has 0 radical (unpaired) electrons. The summed E-state index contributed by atoms with van der Waals surface area (Å²) in [5.74, 6) is 2.72. The van der Waals surface area contributed by atoms with Crippen LogP contribution in [0.15, 0.2) is 78.9 Å². The molecule has 3 aliphatic rings. The Hall–Kier alpha value is -2.81. The Kier molecular flexibility index (Phi) is 5.00. The molecule has 3 nitrogen and oxygen atoms in total. The minimum absolute atomic E-state index is 0.190. The zero-order valence-electron chi connectivity index (χ0n) is 18.6. The summed E-state index contributed by atoms with van der Waals surface area (Å²) in [6.07, 6.45) is 9.65. The van der Waals surface area contributed by atoms with Crippen LogP contribution in [0.3, 0.4) is 0 Å². The van der Waals surface area contributed by atoms with Crippen molar-refractivity contribution in [2.75, 3.05) is 7.11 Å². The van der Waals surface area contributed by atoms with Crippen molar-refractivity contribution < 1.29 is 9.53 Å². The SMILES string of the molecule is COc1ccc(CN2C(=O)[C@@]34C=CC=C[C@@H]3[C@H](C)[C@@H](C)[C@H]4[C@@H]2Cc2ccccc2)cc1. The predicted molar refractivity (Wildman–Crippen MR) is 123 cm³/mol. The number of amides is 1. The van der Waals surface area contributed by atoms with Gasteiger partial charge in [0, 0.05) is 18.5 Å². The van der Waals surface area contributed by atoms with Crippen LogP contribution in [0.1, 0.15) is 25.0 Å². The molecule has 0 unspecified atom stereocenters. The van der Waals surface area contributed by atoms with Gasteiger partial charge >= 0.3 is 0 Å². The minimum atomic E-state index is -0.403. The summed E-state index contributed by atoms with van der Waals surface area (Å²) in [5.41, 5.74) is 2.05. The molecule has 3 heteroatoms. The summed E-state index contributed by atoms with van der Waals surface area (Å²) in [6.45, 7) is 5.34. The molecular formula is C28H31NO2. The topological polar surface area (TPSA) is 29.5 Å². The summed E-state index contributed by atoms with van der Waals surface area (Å²) in [7, 11) is 1.68. The van der Waals surface area contributed by atoms with E-state index in [9.17, 15) is 4.79 Å². The Bertz CT molecular complexity index is 1010. The summed E-state index contributed by atoms with van der Waals surface area (Å²) < 4.78 is 5.32. The van der Waals surface area contributed by atoms with Crippen molar-refractivity contribution in [3.63, 3.8) is 0 Å². The molecule has 1 saturated carbocycles. The number of carbonyl (C=O) groups is 1. The smallest absolute Gasteiger partial charge is 0.234 e. The van der Waals surface area contributed by atoms with Gasteiger partial charge in [-0.25, -0.2) is 0 Å². The Balaban J connectivity index is 1.55. The van der Waals surface area contributed by atoms with Gasteiger partial charge < -0.3 is 9.64 Å². The van der Waals surface area contributed by atoms with Crippen LogP contribution in [0.2, 0.25) is 0 Å². The van der Waals surface area contributed by atoms with Crippen molar-refractivity contribution in [3.05, 3.63) is 90.0 Å². The molecule has 1 spiro atoms. The first kappa shape index (κ1) is 20.1. The monoisotopic (exact) mass is 413 g/mol. The van der Waals surface area contributed by atoms with Crippen molar-refractivity contribution in [1.82, 2.24) is 4.90 Å². The van der Waals surface area contributed by atoms with E-state index in [-0.39, 0.29) is 12.0 Å². The lowest BCUT2D eigenvalue weighted by Crippen LogP contribution is -2.40. The maximum atomic E-state index is 14.2. The van der Waals surface area contributed by atoms with Gasteiger partial charge in [0.2, 0.25) is 5.91 Å². The first-order valence-corrected chi connectivity index (χ1v) is 11.4. The van der Waals surface area contributed by atoms with Gasteiger partial charge in [-0.1, -0.05) is 80.6 Å². The van der Waals surface area contributed by atoms with E-state index in [0.29, 0.717) is 30.2 Å². The van der Waals surface area contributed by atoms with Crippen LogP contribution in [0.5, 0.6) is 5.75 Å². The van der Waals surface area contributed by atoms with E-state index in [1.807, 2.05) is 12.1 Å². The van der Waals surface area contributed by atoms with Gasteiger partial charge in [-0.3, -0.25) is 4.79 Å². The van der Waals surface area contributed by atoms with Crippen LogP contribution in [0.25, 0.3) is 0 Å². The summed E-state index contributed by atoms with van der Waals surface area (Å²) in [4.78, 5) is 16.4. The third-order valence-electron chi connectivity index (χ3n) is 8.11. The second kappa shape index (κ2) is 7.71. The number of benzene rings is 2. The van der Waals surface area contributed by atoms with Crippen LogP contribution in [-0.2, 0) is 17.8 Å².